The van der Waals surface area contributed by atoms with Crippen molar-refractivity contribution in [2.75, 3.05) is 19.6 Å². The van der Waals surface area contributed by atoms with E-state index in [9.17, 15) is 4.79 Å². The van der Waals surface area contributed by atoms with Crippen LogP contribution in [0.25, 0.3) is 0 Å². The SMILES string of the molecule is CC(Oc1cccnc1)C(=O)N1CCNCC1c1cccnc1. The van der Waals surface area contributed by atoms with Crippen LogP contribution in [-0.2, 0) is 4.79 Å². The zero-order valence-electron chi connectivity index (χ0n) is 13.1. The van der Waals surface area contributed by atoms with Gasteiger partial charge >= 0.3 is 0 Å². The van der Waals surface area contributed by atoms with E-state index in [-0.39, 0.29) is 11.9 Å². The molecule has 1 N–H and O–H groups in total. The summed E-state index contributed by atoms with van der Waals surface area (Å²) in [6, 6.07) is 7.45. The minimum atomic E-state index is -0.559. The summed E-state index contributed by atoms with van der Waals surface area (Å²) < 4.78 is 5.72. The predicted octanol–water partition coefficient (Wildman–Crippen LogP) is 1.42. The number of nitrogens with one attached hydrogen (secondary N) is 1. The van der Waals surface area contributed by atoms with E-state index in [1.165, 1.54) is 0 Å². The first kappa shape index (κ1) is 15.4. The molecule has 23 heavy (non-hydrogen) atoms. The van der Waals surface area contributed by atoms with Crippen LogP contribution in [0, 0.1) is 0 Å². The highest BCUT2D eigenvalue weighted by Crippen LogP contribution is 2.23. The lowest BCUT2D eigenvalue weighted by molar-refractivity contribution is -0.141. The van der Waals surface area contributed by atoms with E-state index in [0.29, 0.717) is 12.3 Å². The van der Waals surface area contributed by atoms with Crippen LogP contribution in [0.5, 0.6) is 5.75 Å². The number of hydrogen-bond acceptors (Lipinski definition) is 5. The molecule has 2 unspecified atom stereocenters. The van der Waals surface area contributed by atoms with E-state index < -0.39 is 6.10 Å². The molecule has 6 heteroatoms. The van der Waals surface area contributed by atoms with Crippen LogP contribution >= 0.6 is 0 Å². The monoisotopic (exact) mass is 312 g/mol. The summed E-state index contributed by atoms with van der Waals surface area (Å²) in [5, 5.41) is 3.33. The molecule has 1 aliphatic rings. The number of ether oxygens (including phenoxy) is 1. The van der Waals surface area contributed by atoms with Gasteiger partial charge in [0.1, 0.15) is 5.75 Å². The molecule has 2 aromatic rings. The summed E-state index contributed by atoms with van der Waals surface area (Å²) in [5.74, 6) is 0.575. The van der Waals surface area contributed by atoms with Crippen LogP contribution in [0.3, 0.4) is 0 Å². The number of hydrogen-bond donors (Lipinski definition) is 1. The van der Waals surface area contributed by atoms with Crippen LogP contribution < -0.4 is 10.1 Å². The maximum atomic E-state index is 12.8. The molecule has 0 aromatic carbocycles. The fourth-order valence-electron chi connectivity index (χ4n) is 2.74. The molecule has 0 radical (unpaired) electrons. The van der Waals surface area contributed by atoms with Gasteiger partial charge in [0.25, 0.3) is 5.91 Å². The third-order valence-electron chi connectivity index (χ3n) is 3.89. The van der Waals surface area contributed by atoms with Gasteiger partial charge in [-0.05, 0) is 30.7 Å². The average Bonchev–Trinajstić information content (AvgIpc) is 2.62. The number of amides is 1. The Balaban J connectivity index is 1.73. The molecule has 0 aliphatic carbocycles. The summed E-state index contributed by atoms with van der Waals surface area (Å²) in [7, 11) is 0. The number of carbonyl (C=O) groups excluding carboxylic acids is 1. The van der Waals surface area contributed by atoms with Crippen molar-refractivity contribution in [2.24, 2.45) is 0 Å². The van der Waals surface area contributed by atoms with Gasteiger partial charge in [-0.25, -0.2) is 0 Å². The van der Waals surface area contributed by atoms with E-state index >= 15 is 0 Å². The number of carbonyl (C=O) groups is 1. The highest BCUT2D eigenvalue weighted by atomic mass is 16.5. The largest absolute Gasteiger partial charge is 0.479 e. The van der Waals surface area contributed by atoms with Gasteiger partial charge in [-0.2, -0.15) is 0 Å². The Bertz CT molecular complexity index is 636. The average molecular weight is 312 g/mol. The van der Waals surface area contributed by atoms with Crippen LogP contribution in [0.2, 0.25) is 0 Å². The molecular weight excluding hydrogens is 292 g/mol. The van der Waals surface area contributed by atoms with E-state index in [4.69, 9.17) is 4.74 Å². The fourth-order valence-corrected chi connectivity index (χ4v) is 2.74. The molecular formula is C17H20N4O2. The quantitative estimate of drug-likeness (QED) is 0.925. The first-order chi connectivity index (χ1) is 11.3. The van der Waals surface area contributed by atoms with Crippen molar-refractivity contribution in [2.45, 2.75) is 19.1 Å². The third-order valence-corrected chi connectivity index (χ3v) is 3.89. The van der Waals surface area contributed by atoms with Crippen LogP contribution in [0.1, 0.15) is 18.5 Å². The maximum absolute atomic E-state index is 12.8. The van der Waals surface area contributed by atoms with E-state index in [1.54, 1.807) is 37.6 Å². The Labute approximate surface area is 135 Å². The molecule has 1 aliphatic heterocycles. The number of piperazine rings is 1. The number of rotatable bonds is 4. The molecule has 3 heterocycles. The van der Waals surface area contributed by atoms with E-state index in [1.807, 2.05) is 23.2 Å². The summed E-state index contributed by atoms with van der Waals surface area (Å²) in [4.78, 5) is 22.9. The molecule has 0 bridgehead atoms. The van der Waals surface area contributed by atoms with Gasteiger partial charge < -0.3 is 15.0 Å². The van der Waals surface area contributed by atoms with E-state index in [2.05, 4.69) is 15.3 Å². The molecule has 120 valence electrons. The van der Waals surface area contributed by atoms with Crippen molar-refractivity contribution >= 4 is 5.91 Å². The Morgan fingerprint density at radius 2 is 2.09 bits per heavy atom. The molecule has 3 rings (SSSR count). The van der Waals surface area contributed by atoms with Crippen LogP contribution in [-0.4, -0.2) is 46.5 Å². The number of nitrogens with zero attached hydrogens (tertiary/aromatic N) is 3. The molecule has 2 aromatic heterocycles. The van der Waals surface area contributed by atoms with Crippen molar-refractivity contribution in [1.29, 1.82) is 0 Å². The normalized spacial score (nSPS) is 19.2. The van der Waals surface area contributed by atoms with Crippen LogP contribution in [0.15, 0.2) is 49.1 Å². The Morgan fingerprint density at radius 1 is 1.30 bits per heavy atom. The lowest BCUT2D eigenvalue weighted by Gasteiger charge is -2.37. The zero-order chi connectivity index (χ0) is 16.1. The molecule has 1 saturated heterocycles. The van der Waals surface area contributed by atoms with Gasteiger partial charge in [0.2, 0.25) is 0 Å². The summed E-state index contributed by atoms with van der Waals surface area (Å²) in [6.45, 7) is 3.93. The highest BCUT2D eigenvalue weighted by molar-refractivity contribution is 5.81. The second-order valence-electron chi connectivity index (χ2n) is 5.49. The van der Waals surface area contributed by atoms with Crippen molar-refractivity contribution in [3.63, 3.8) is 0 Å². The highest BCUT2D eigenvalue weighted by Gasteiger charge is 2.31. The van der Waals surface area contributed by atoms with E-state index in [0.717, 1.165) is 18.7 Å². The summed E-state index contributed by atoms with van der Waals surface area (Å²) in [5.41, 5.74) is 1.03. The minimum Gasteiger partial charge on any atom is -0.479 e. The zero-order valence-corrected chi connectivity index (χ0v) is 13.1. The lowest BCUT2D eigenvalue weighted by atomic mass is 10.0. The smallest absolute Gasteiger partial charge is 0.263 e. The molecule has 2 atom stereocenters. The number of pyridine rings is 2. The molecule has 0 saturated carbocycles. The first-order valence-electron chi connectivity index (χ1n) is 7.73. The standard InChI is InChI=1S/C17H20N4O2/c1-13(23-15-5-3-7-19-11-15)17(22)21-9-8-20-12-16(21)14-4-2-6-18-10-14/h2-7,10-11,13,16,20H,8-9,12H2,1H3. The van der Waals surface area contributed by atoms with Crippen molar-refractivity contribution < 1.29 is 9.53 Å². The maximum Gasteiger partial charge on any atom is 0.263 e. The van der Waals surface area contributed by atoms with Gasteiger partial charge in [-0.1, -0.05) is 6.07 Å². The number of aromatic nitrogens is 2. The molecule has 6 nitrogen and oxygen atoms in total. The lowest BCUT2D eigenvalue weighted by Crippen LogP contribution is -2.52. The Kier molecular flexibility index (Phi) is 4.83. The second kappa shape index (κ2) is 7.19. The summed E-state index contributed by atoms with van der Waals surface area (Å²) >= 11 is 0. The van der Waals surface area contributed by atoms with Gasteiger partial charge in [-0.3, -0.25) is 14.8 Å². The summed E-state index contributed by atoms with van der Waals surface area (Å²) in [6.07, 6.45) is 6.27. The van der Waals surface area contributed by atoms with Gasteiger partial charge in [-0.15, -0.1) is 0 Å². The fraction of sp³-hybridized carbons (Fsp3) is 0.353. The van der Waals surface area contributed by atoms with Crippen molar-refractivity contribution in [3.05, 3.63) is 54.6 Å². The minimum absolute atomic E-state index is 0.0232. The second-order valence-corrected chi connectivity index (χ2v) is 5.49. The van der Waals surface area contributed by atoms with Gasteiger partial charge in [0.15, 0.2) is 6.10 Å². The van der Waals surface area contributed by atoms with Gasteiger partial charge in [0, 0.05) is 38.2 Å². The first-order valence-corrected chi connectivity index (χ1v) is 7.73. The van der Waals surface area contributed by atoms with Crippen LogP contribution in [0.4, 0.5) is 0 Å². The Hall–Kier alpha value is -2.47. The molecule has 1 fully saturated rings. The molecule has 1 amide bonds. The molecule has 0 spiro atoms. The predicted molar refractivity (Wildman–Crippen MR) is 85.9 cm³/mol. The van der Waals surface area contributed by atoms with Crippen molar-refractivity contribution in [1.82, 2.24) is 20.2 Å². The third kappa shape index (κ3) is 3.65. The topological polar surface area (TPSA) is 67.3 Å². The van der Waals surface area contributed by atoms with Crippen molar-refractivity contribution in [3.8, 4) is 5.75 Å². The van der Waals surface area contributed by atoms with Gasteiger partial charge in [0.05, 0.1) is 12.2 Å². The Morgan fingerprint density at radius 3 is 2.78 bits per heavy atom.